The molecule has 5 rings (SSSR count). The lowest BCUT2D eigenvalue weighted by molar-refractivity contribution is -0.0513. The highest BCUT2D eigenvalue weighted by Gasteiger charge is 2.25. The quantitative estimate of drug-likeness (QED) is 0.475. The Kier molecular flexibility index (Phi) is 7.39. The summed E-state index contributed by atoms with van der Waals surface area (Å²) in [6.45, 7) is 10.5. The van der Waals surface area contributed by atoms with E-state index in [4.69, 9.17) is 14.5 Å². The average Bonchev–Trinajstić information content (AvgIpc) is 2.83. The van der Waals surface area contributed by atoms with Gasteiger partial charge in [-0.1, -0.05) is 18.2 Å². The first-order valence-corrected chi connectivity index (χ1v) is 12.8. The number of aryl methyl sites for hydroxylation is 1. The number of likely N-dealkylation sites (N-methyl/N-ethyl adjacent to an activating group) is 1. The maximum absolute atomic E-state index is 15.1. The van der Waals surface area contributed by atoms with Crippen LogP contribution in [0.15, 0.2) is 24.3 Å². The van der Waals surface area contributed by atoms with E-state index in [0.29, 0.717) is 54.5 Å². The monoisotopic (exact) mass is 512 g/mol. The van der Waals surface area contributed by atoms with Crippen LogP contribution in [0.2, 0.25) is 0 Å². The van der Waals surface area contributed by atoms with Crippen molar-refractivity contribution in [2.24, 2.45) is 5.92 Å². The molecular weight excluding hydrogens is 478 g/mol. The molecule has 0 bridgehead atoms. The summed E-state index contributed by atoms with van der Waals surface area (Å²) in [6.07, 6.45) is -1.39. The van der Waals surface area contributed by atoms with Gasteiger partial charge in [-0.25, -0.2) is 18.7 Å². The summed E-state index contributed by atoms with van der Waals surface area (Å²) in [7, 11) is 2.11. The summed E-state index contributed by atoms with van der Waals surface area (Å²) in [4.78, 5) is 18.6. The number of ether oxygens (including phenoxy) is 2. The van der Waals surface area contributed by atoms with Gasteiger partial charge >= 0.3 is 0 Å². The highest BCUT2D eigenvalue weighted by molar-refractivity contribution is 5.90. The van der Waals surface area contributed by atoms with Gasteiger partial charge in [-0.2, -0.15) is 4.98 Å². The first kappa shape index (κ1) is 25.5. The molecule has 2 fully saturated rings. The molecule has 10 heteroatoms. The number of benzene rings is 1. The van der Waals surface area contributed by atoms with E-state index >= 15 is 4.39 Å². The van der Waals surface area contributed by atoms with Gasteiger partial charge in [-0.3, -0.25) is 0 Å². The van der Waals surface area contributed by atoms with E-state index in [9.17, 15) is 4.39 Å². The van der Waals surface area contributed by atoms with Gasteiger partial charge in [0, 0.05) is 43.2 Å². The highest BCUT2D eigenvalue weighted by Crippen LogP contribution is 2.35. The van der Waals surface area contributed by atoms with Crippen molar-refractivity contribution in [2.45, 2.75) is 33.0 Å². The molecule has 0 saturated carbocycles. The van der Waals surface area contributed by atoms with E-state index < -0.39 is 18.0 Å². The van der Waals surface area contributed by atoms with Crippen LogP contribution >= 0.6 is 0 Å². The number of anilines is 2. The Balaban J connectivity index is 1.52. The SMILES string of the molecule is Cc1nc(N[C@H](C)c2cccc(C(C)F)c2F)c2cc(N3CCN(C)CC3)c(OCC3COC3)nc2n1. The van der Waals surface area contributed by atoms with Crippen LogP contribution in [0.1, 0.15) is 43.0 Å². The number of piperazine rings is 1. The number of nitrogens with zero attached hydrogens (tertiary/aromatic N) is 5. The second-order valence-electron chi connectivity index (χ2n) is 10.0. The van der Waals surface area contributed by atoms with Crippen LogP contribution in [-0.4, -0.2) is 72.9 Å². The second kappa shape index (κ2) is 10.7. The number of halogens is 2. The zero-order chi connectivity index (χ0) is 26.1. The van der Waals surface area contributed by atoms with Crippen LogP contribution in [0.25, 0.3) is 11.0 Å². The van der Waals surface area contributed by atoms with Gasteiger partial charge in [-0.05, 0) is 33.9 Å². The first-order chi connectivity index (χ1) is 17.8. The maximum atomic E-state index is 15.1. The third-order valence-corrected chi connectivity index (χ3v) is 7.06. The van der Waals surface area contributed by atoms with E-state index in [0.717, 1.165) is 37.3 Å². The number of aromatic nitrogens is 3. The lowest BCUT2D eigenvalue weighted by Crippen LogP contribution is -2.44. The number of hydrogen-bond donors (Lipinski definition) is 1. The Labute approximate surface area is 216 Å². The van der Waals surface area contributed by atoms with Gasteiger partial charge < -0.3 is 24.6 Å². The zero-order valence-electron chi connectivity index (χ0n) is 21.8. The molecule has 0 amide bonds. The maximum Gasteiger partial charge on any atom is 0.239 e. The fraction of sp³-hybridized carbons (Fsp3) is 0.519. The number of pyridine rings is 1. The van der Waals surface area contributed by atoms with Gasteiger partial charge in [0.15, 0.2) is 5.65 Å². The van der Waals surface area contributed by atoms with Crippen molar-refractivity contribution >= 4 is 22.5 Å². The van der Waals surface area contributed by atoms with Crippen molar-refractivity contribution in [3.8, 4) is 5.88 Å². The topological polar surface area (TPSA) is 75.6 Å². The highest BCUT2D eigenvalue weighted by atomic mass is 19.1. The van der Waals surface area contributed by atoms with Gasteiger partial charge in [-0.15, -0.1) is 0 Å². The number of hydrogen-bond acceptors (Lipinski definition) is 8. The minimum absolute atomic E-state index is 0.0487. The number of alkyl halides is 1. The predicted octanol–water partition coefficient (Wildman–Crippen LogP) is 4.45. The number of rotatable bonds is 8. The molecule has 37 heavy (non-hydrogen) atoms. The van der Waals surface area contributed by atoms with E-state index in [1.165, 1.54) is 13.0 Å². The van der Waals surface area contributed by atoms with Crippen LogP contribution in [0.4, 0.5) is 20.3 Å². The molecule has 0 aliphatic carbocycles. The molecule has 0 radical (unpaired) electrons. The molecule has 4 heterocycles. The Bertz CT molecular complexity index is 1260. The molecule has 2 atom stereocenters. The predicted molar refractivity (Wildman–Crippen MR) is 140 cm³/mol. The van der Waals surface area contributed by atoms with Crippen molar-refractivity contribution in [3.63, 3.8) is 0 Å². The number of nitrogens with one attached hydrogen (secondary N) is 1. The molecule has 1 N–H and O–H groups in total. The van der Waals surface area contributed by atoms with Gasteiger partial charge in [0.1, 0.15) is 29.3 Å². The molecule has 1 unspecified atom stereocenters. The second-order valence-corrected chi connectivity index (χ2v) is 10.0. The van der Waals surface area contributed by atoms with Crippen molar-refractivity contribution in [1.29, 1.82) is 0 Å². The summed E-state index contributed by atoms with van der Waals surface area (Å²) < 4.78 is 40.5. The Morgan fingerprint density at radius 3 is 2.51 bits per heavy atom. The molecule has 2 saturated heterocycles. The molecular formula is C27H34F2N6O2. The third kappa shape index (κ3) is 5.45. The van der Waals surface area contributed by atoms with E-state index in [2.05, 4.69) is 32.1 Å². The molecule has 8 nitrogen and oxygen atoms in total. The summed E-state index contributed by atoms with van der Waals surface area (Å²) in [5.41, 5.74) is 1.82. The summed E-state index contributed by atoms with van der Waals surface area (Å²) in [5.74, 6) is 1.46. The van der Waals surface area contributed by atoms with Crippen LogP contribution in [0.5, 0.6) is 5.88 Å². The lowest BCUT2D eigenvalue weighted by Gasteiger charge is -2.35. The largest absolute Gasteiger partial charge is 0.476 e. The Morgan fingerprint density at radius 2 is 1.84 bits per heavy atom. The van der Waals surface area contributed by atoms with Gasteiger partial charge in [0.2, 0.25) is 5.88 Å². The Hall–Kier alpha value is -3.11. The van der Waals surface area contributed by atoms with E-state index in [1.54, 1.807) is 19.1 Å². The standard InChI is InChI=1S/C27H34F2N6O2/c1-16(28)20-6-5-7-21(24(20)29)17(2)30-25-22-12-23(35-10-8-34(4)9-11-35)27(37-15-19-13-36-14-19)33-26(22)32-18(3)31-25/h5-7,12,16-17,19H,8-11,13-15H2,1-4H3,(H,30,31,32,33)/t16?,17-/m1/s1. The smallest absolute Gasteiger partial charge is 0.239 e. The van der Waals surface area contributed by atoms with Crippen molar-refractivity contribution in [3.05, 3.63) is 47.0 Å². The Morgan fingerprint density at radius 1 is 1.11 bits per heavy atom. The lowest BCUT2D eigenvalue weighted by atomic mass is 10.0. The van der Waals surface area contributed by atoms with Crippen molar-refractivity contribution in [1.82, 2.24) is 19.9 Å². The molecule has 3 aromatic rings. The summed E-state index contributed by atoms with van der Waals surface area (Å²) >= 11 is 0. The van der Waals surface area contributed by atoms with E-state index in [-0.39, 0.29) is 5.56 Å². The van der Waals surface area contributed by atoms with Crippen LogP contribution in [0, 0.1) is 18.7 Å². The third-order valence-electron chi connectivity index (χ3n) is 7.06. The molecule has 2 aliphatic rings. The normalized spacial score (nSPS) is 18.5. The van der Waals surface area contributed by atoms with Crippen molar-refractivity contribution in [2.75, 3.05) is 63.3 Å². The minimum atomic E-state index is -1.39. The molecule has 0 spiro atoms. The minimum Gasteiger partial charge on any atom is -0.476 e. The van der Waals surface area contributed by atoms with Crippen molar-refractivity contribution < 1.29 is 18.3 Å². The van der Waals surface area contributed by atoms with E-state index in [1.807, 2.05) is 13.0 Å². The average molecular weight is 513 g/mol. The van der Waals surface area contributed by atoms with Crippen LogP contribution in [-0.2, 0) is 4.74 Å². The molecule has 1 aromatic carbocycles. The van der Waals surface area contributed by atoms with Crippen LogP contribution in [0.3, 0.4) is 0 Å². The fourth-order valence-electron chi connectivity index (χ4n) is 4.70. The summed E-state index contributed by atoms with van der Waals surface area (Å²) in [5, 5.41) is 4.06. The van der Waals surface area contributed by atoms with Crippen LogP contribution < -0.4 is 15.0 Å². The van der Waals surface area contributed by atoms with Gasteiger partial charge in [0.25, 0.3) is 0 Å². The fourth-order valence-corrected chi connectivity index (χ4v) is 4.70. The molecule has 2 aliphatic heterocycles. The molecule has 2 aromatic heterocycles. The zero-order valence-corrected chi connectivity index (χ0v) is 21.8. The summed E-state index contributed by atoms with van der Waals surface area (Å²) in [6, 6.07) is 6.38. The first-order valence-electron chi connectivity index (χ1n) is 12.8. The molecule has 198 valence electrons. The van der Waals surface area contributed by atoms with Gasteiger partial charge in [0.05, 0.1) is 31.2 Å². The number of fused-ring (bicyclic) bond motifs is 1.